The van der Waals surface area contributed by atoms with Crippen LogP contribution in [0.5, 0.6) is 5.75 Å². The molecule has 0 aliphatic heterocycles. The first kappa shape index (κ1) is 15.6. The Labute approximate surface area is 137 Å². The monoisotopic (exact) mass is 309 g/mol. The number of hydrogen-bond donors (Lipinski definition) is 1. The molecular weight excluding hydrogens is 286 g/mol. The predicted octanol–water partition coefficient (Wildman–Crippen LogP) is 4.60. The predicted molar refractivity (Wildman–Crippen MR) is 93.2 cm³/mol. The molecule has 0 saturated heterocycles. The maximum absolute atomic E-state index is 12.4. The van der Waals surface area contributed by atoms with E-state index in [1.165, 1.54) is 24.0 Å². The third kappa shape index (κ3) is 3.92. The zero-order valence-electron chi connectivity index (χ0n) is 13.8. The third-order valence-corrected chi connectivity index (χ3v) is 4.09. The highest BCUT2D eigenvalue weighted by molar-refractivity contribution is 6.04. The van der Waals surface area contributed by atoms with Gasteiger partial charge < -0.3 is 10.1 Å². The van der Waals surface area contributed by atoms with Gasteiger partial charge >= 0.3 is 0 Å². The average Bonchev–Trinajstić information content (AvgIpc) is 2.55. The van der Waals surface area contributed by atoms with E-state index in [1.807, 2.05) is 50.2 Å². The van der Waals surface area contributed by atoms with Crippen molar-refractivity contribution < 1.29 is 9.53 Å². The Bertz CT molecular complexity index is 689. The van der Waals surface area contributed by atoms with Gasteiger partial charge in [0.15, 0.2) is 0 Å². The van der Waals surface area contributed by atoms with Crippen LogP contribution in [-0.2, 0) is 12.8 Å². The fourth-order valence-corrected chi connectivity index (χ4v) is 2.97. The standard InChI is InChI=1S/C20H23NO2/c1-14(2)23-19-11-9-18(10-12-19)21-20(22)17-8-7-15-5-3-4-6-16(15)13-17/h7-14H,3-6H2,1-2H3,(H,21,22). The molecule has 3 rings (SSSR count). The van der Waals surface area contributed by atoms with E-state index < -0.39 is 0 Å². The van der Waals surface area contributed by atoms with Crippen molar-refractivity contribution >= 4 is 11.6 Å². The maximum atomic E-state index is 12.4. The number of amides is 1. The van der Waals surface area contributed by atoms with Crippen LogP contribution < -0.4 is 10.1 Å². The third-order valence-electron chi connectivity index (χ3n) is 4.09. The van der Waals surface area contributed by atoms with Crippen LogP contribution in [0.3, 0.4) is 0 Å². The average molecular weight is 309 g/mol. The highest BCUT2D eigenvalue weighted by atomic mass is 16.5. The van der Waals surface area contributed by atoms with E-state index in [2.05, 4.69) is 11.4 Å². The molecule has 0 aromatic heterocycles. The summed E-state index contributed by atoms with van der Waals surface area (Å²) in [6.07, 6.45) is 4.83. The lowest BCUT2D eigenvalue weighted by Gasteiger charge is -2.16. The molecule has 23 heavy (non-hydrogen) atoms. The van der Waals surface area contributed by atoms with Gasteiger partial charge in [-0.05, 0) is 87.1 Å². The summed E-state index contributed by atoms with van der Waals surface area (Å²) in [5, 5.41) is 2.95. The van der Waals surface area contributed by atoms with Gasteiger partial charge in [-0.15, -0.1) is 0 Å². The van der Waals surface area contributed by atoms with Crippen LogP contribution in [0.2, 0.25) is 0 Å². The Morgan fingerprint density at radius 3 is 2.39 bits per heavy atom. The number of hydrogen-bond acceptors (Lipinski definition) is 2. The van der Waals surface area contributed by atoms with Gasteiger partial charge in [0.25, 0.3) is 5.91 Å². The Hall–Kier alpha value is -2.29. The van der Waals surface area contributed by atoms with E-state index >= 15 is 0 Å². The highest BCUT2D eigenvalue weighted by Crippen LogP contribution is 2.23. The van der Waals surface area contributed by atoms with Crippen molar-refractivity contribution in [3.05, 3.63) is 59.2 Å². The zero-order valence-corrected chi connectivity index (χ0v) is 13.8. The molecule has 0 bridgehead atoms. The topological polar surface area (TPSA) is 38.3 Å². The smallest absolute Gasteiger partial charge is 0.255 e. The quantitative estimate of drug-likeness (QED) is 0.896. The lowest BCUT2D eigenvalue weighted by Crippen LogP contribution is -2.13. The number of carbonyl (C=O) groups is 1. The molecule has 0 unspecified atom stereocenters. The highest BCUT2D eigenvalue weighted by Gasteiger charge is 2.13. The van der Waals surface area contributed by atoms with Crippen LogP contribution in [0.25, 0.3) is 0 Å². The Balaban J connectivity index is 1.69. The Kier molecular flexibility index (Phi) is 4.65. The Morgan fingerprint density at radius 2 is 1.70 bits per heavy atom. The normalized spacial score (nSPS) is 13.5. The first-order chi connectivity index (χ1) is 11.1. The molecule has 1 N–H and O–H groups in total. The van der Waals surface area contributed by atoms with Crippen LogP contribution in [0.4, 0.5) is 5.69 Å². The molecule has 3 nitrogen and oxygen atoms in total. The lowest BCUT2D eigenvalue weighted by atomic mass is 9.90. The molecule has 2 aromatic carbocycles. The van der Waals surface area contributed by atoms with Gasteiger partial charge in [-0.1, -0.05) is 6.07 Å². The number of nitrogens with one attached hydrogen (secondary N) is 1. The number of fused-ring (bicyclic) bond motifs is 1. The summed E-state index contributed by atoms with van der Waals surface area (Å²) in [4.78, 5) is 12.4. The summed E-state index contributed by atoms with van der Waals surface area (Å²) in [6.45, 7) is 3.98. The van der Waals surface area contributed by atoms with E-state index in [0.29, 0.717) is 0 Å². The molecule has 1 amide bonds. The minimum atomic E-state index is -0.0594. The molecule has 0 saturated carbocycles. The molecule has 1 aliphatic carbocycles. The van der Waals surface area contributed by atoms with E-state index in [1.54, 1.807) is 0 Å². The summed E-state index contributed by atoms with van der Waals surface area (Å²) in [7, 11) is 0. The number of benzene rings is 2. The van der Waals surface area contributed by atoms with Gasteiger partial charge in [-0.3, -0.25) is 4.79 Å². The molecule has 0 atom stereocenters. The Morgan fingerprint density at radius 1 is 1.00 bits per heavy atom. The second-order valence-corrected chi connectivity index (χ2v) is 6.34. The van der Waals surface area contributed by atoms with E-state index in [-0.39, 0.29) is 12.0 Å². The summed E-state index contributed by atoms with van der Waals surface area (Å²) < 4.78 is 5.61. The van der Waals surface area contributed by atoms with Crippen LogP contribution in [-0.4, -0.2) is 12.0 Å². The fourth-order valence-electron chi connectivity index (χ4n) is 2.97. The van der Waals surface area contributed by atoms with Gasteiger partial charge in [0.1, 0.15) is 5.75 Å². The van der Waals surface area contributed by atoms with Crippen molar-refractivity contribution in [3.63, 3.8) is 0 Å². The minimum absolute atomic E-state index is 0.0594. The molecule has 1 aliphatic rings. The summed E-state index contributed by atoms with van der Waals surface area (Å²) >= 11 is 0. The number of carbonyl (C=O) groups excluding carboxylic acids is 1. The van der Waals surface area contributed by atoms with Crippen LogP contribution >= 0.6 is 0 Å². The lowest BCUT2D eigenvalue weighted by molar-refractivity contribution is 0.102. The molecular formula is C20H23NO2. The van der Waals surface area contributed by atoms with Gasteiger partial charge in [-0.25, -0.2) is 0 Å². The molecule has 0 spiro atoms. The summed E-state index contributed by atoms with van der Waals surface area (Å²) in [5.41, 5.74) is 4.23. The molecule has 3 heteroatoms. The van der Waals surface area contributed by atoms with Crippen LogP contribution in [0.1, 0.15) is 48.2 Å². The summed E-state index contributed by atoms with van der Waals surface area (Å²) in [5.74, 6) is 0.752. The van der Waals surface area contributed by atoms with Crippen LogP contribution in [0, 0.1) is 0 Å². The van der Waals surface area contributed by atoms with Gasteiger partial charge in [0.2, 0.25) is 0 Å². The second-order valence-electron chi connectivity index (χ2n) is 6.34. The van der Waals surface area contributed by atoms with Crippen molar-refractivity contribution in [1.82, 2.24) is 0 Å². The van der Waals surface area contributed by atoms with Crippen molar-refractivity contribution in [3.8, 4) is 5.75 Å². The maximum Gasteiger partial charge on any atom is 0.255 e. The van der Waals surface area contributed by atoms with E-state index in [4.69, 9.17) is 4.74 Å². The first-order valence-corrected chi connectivity index (χ1v) is 8.32. The van der Waals surface area contributed by atoms with Gasteiger partial charge in [-0.2, -0.15) is 0 Å². The zero-order chi connectivity index (χ0) is 16.2. The van der Waals surface area contributed by atoms with Crippen molar-refractivity contribution in [1.29, 1.82) is 0 Å². The van der Waals surface area contributed by atoms with E-state index in [9.17, 15) is 4.79 Å². The van der Waals surface area contributed by atoms with Crippen molar-refractivity contribution in [2.24, 2.45) is 0 Å². The first-order valence-electron chi connectivity index (χ1n) is 8.32. The molecule has 0 fully saturated rings. The van der Waals surface area contributed by atoms with Crippen molar-refractivity contribution in [2.45, 2.75) is 45.6 Å². The molecule has 0 heterocycles. The number of ether oxygens (including phenoxy) is 1. The second kappa shape index (κ2) is 6.86. The summed E-state index contributed by atoms with van der Waals surface area (Å²) in [6, 6.07) is 13.6. The SMILES string of the molecule is CC(C)Oc1ccc(NC(=O)c2ccc3c(c2)CCCC3)cc1. The van der Waals surface area contributed by atoms with E-state index in [0.717, 1.165) is 29.8 Å². The minimum Gasteiger partial charge on any atom is -0.491 e. The molecule has 0 radical (unpaired) electrons. The molecule has 120 valence electrons. The largest absolute Gasteiger partial charge is 0.491 e. The van der Waals surface area contributed by atoms with Crippen molar-refractivity contribution in [2.75, 3.05) is 5.32 Å². The van der Waals surface area contributed by atoms with Gasteiger partial charge in [0.05, 0.1) is 6.10 Å². The number of aryl methyl sites for hydroxylation is 2. The van der Waals surface area contributed by atoms with Gasteiger partial charge in [0, 0.05) is 11.3 Å². The number of anilines is 1. The molecule has 2 aromatic rings. The fraction of sp³-hybridized carbons (Fsp3) is 0.350. The number of rotatable bonds is 4. The van der Waals surface area contributed by atoms with Crippen LogP contribution in [0.15, 0.2) is 42.5 Å².